The number of amides is 1. The molecule has 0 saturated heterocycles. The van der Waals surface area contributed by atoms with E-state index in [-0.39, 0.29) is 11.3 Å². The normalized spacial score (nSPS) is 11.8. The van der Waals surface area contributed by atoms with E-state index in [9.17, 15) is 24.1 Å². The van der Waals surface area contributed by atoms with Gasteiger partial charge in [0, 0.05) is 17.8 Å². The van der Waals surface area contributed by atoms with Crippen LogP contribution in [0.2, 0.25) is 0 Å². The number of ether oxygens (including phenoxy) is 1. The van der Waals surface area contributed by atoms with Crippen molar-refractivity contribution in [2.75, 3.05) is 5.32 Å². The Morgan fingerprint density at radius 1 is 1.19 bits per heavy atom. The summed E-state index contributed by atoms with van der Waals surface area (Å²) in [7, 11) is 0. The first-order valence-electron chi connectivity index (χ1n) is 7.55. The van der Waals surface area contributed by atoms with E-state index in [1.165, 1.54) is 55.5 Å². The van der Waals surface area contributed by atoms with Crippen LogP contribution in [0.5, 0.6) is 0 Å². The third-order valence-electron chi connectivity index (χ3n) is 3.31. The van der Waals surface area contributed by atoms with Gasteiger partial charge < -0.3 is 10.1 Å². The van der Waals surface area contributed by atoms with Crippen LogP contribution < -0.4 is 5.32 Å². The van der Waals surface area contributed by atoms with Crippen LogP contribution >= 0.6 is 0 Å². The van der Waals surface area contributed by atoms with Crippen molar-refractivity contribution >= 4 is 29.3 Å². The lowest BCUT2D eigenvalue weighted by atomic mass is 10.1. The maximum Gasteiger partial charge on any atom is 0.331 e. The predicted octanol–water partition coefficient (Wildman–Crippen LogP) is 3.32. The van der Waals surface area contributed by atoms with Crippen LogP contribution in [0, 0.1) is 15.9 Å². The predicted molar refractivity (Wildman–Crippen MR) is 92.7 cm³/mol. The van der Waals surface area contributed by atoms with Crippen LogP contribution in [0.25, 0.3) is 6.08 Å². The summed E-state index contributed by atoms with van der Waals surface area (Å²) in [5.74, 6) is -1.86. The molecule has 2 aromatic carbocycles. The van der Waals surface area contributed by atoms with Crippen molar-refractivity contribution in [3.05, 3.63) is 76.1 Å². The molecule has 0 aliphatic rings. The van der Waals surface area contributed by atoms with Crippen LogP contribution in [0.4, 0.5) is 15.8 Å². The summed E-state index contributed by atoms with van der Waals surface area (Å²) in [5, 5.41) is 13.4. The Hall–Kier alpha value is -3.55. The summed E-state index contributed by atoms with van der Waals surface area (Å²) in [6, 6.07) is 11.0. The van der Waals surface area contributed by atoms with Crippen molar-refractivity contribution in [1.82, 2.24) is 0 Å². The zero-order chi connectivity index (χ0) is 19.1. The number of anilines is 1. The van der Waals surface area contributed by atoms with Gasteiger partial charge in [0.15, 0.2) is 6.10 Å². The van der Waals surface area contributed by atoms with Gasteiger partial charge in [0.25, 0.3) is 11.6 Å². The second kappa shape index (κ2) is 8.52. The molecule has 2 rings (SSSR count). The van der Waals surface area contributed by atoms with E-state index in [1.54, 1.807) is 6.07 Å². The van der Waals surface area contributed by atoms with Gasteiger partial charge in [0.1, 0.15) is 5.82 Å². The maximum atomic E-state index is 12.8. The van der Waals surface area contributed by atoms with E-state index in [4.69, 9.17) is 4.74 Å². The number of hydrogen-bond donors (Lipinski definition) is 1. The van der Waals surface area contributed by atoms with Crippen molar-refractivity contribution in [1.29, 1.82) is 0 Å². The first-order valence-corrected chi connectivity index (χ1v) is 7.55. The topological polar surface area (TPSA) is 98.5 Å². The standard InChI is InChI=1S/C18H15FN2O5/c1-12(18(23)20-15-9-7-14(19)8-10-15)26-17(22)11-6-13-4-2-3-5-16(13)21(24)25/h2-12H,1H3,(H,20,23)/b11-6+/t12-/m0/s1. The highest BCUT2D eigenvalue weighted by Gasteiger charge is 2.17. The molecule has 8 heteroatoms. The highest BCUT2D eigenvalue weighted by atomic mass is 19.1. The van der Waals surface area contributed by atoms with Crippen LogP contribution in [0.15, 0.2) is 54.6 Å². The molecule has 0 aliphatic carbocycles. The molecule has 0 heterocycles. The second-order valence-corrected chi connectivity index (χ2v) is 5.22. The van der Waals surface area contributed by atoms with Gasteiger partial charge in [-0.15, -0.1) is 0 Å². The van der Waals surface area contributed by atoms with Crippen molar-refractivity contribution in [3.8, 4) is 0 Å². The number of nitrogens with one attached hydrogen (secondary N) is 1. The first-order chi connectivity index (χ1) is 12.4. The lowest BCUT2D eigenvalue weighted by Gasteiger charge is -2.12. The molecule has 0 radical (unpaired) electrons. The fraction of sp³-hybridized carbons (Fsp3) is 0.111. The van der Waals surface area contributed by atoms with Gasteiger partial charge >= 0.3 is 5.97 Å². The Bertz CT molecular complexity index is 849. The largest absolute Gasteiger partial charge is 0.449 e. The van der Waals surface area contributed by atoms with E-state index in [1.807, 2.05) is 0 Å². The van der Waals surface area contributed by atoms with Crippen LogP contribution in [0.3, 0.4) is 0 Å². The van der Waals surface area contributed by atoms with Crippen molar-refractivity contribution < 1.29 is 23.6 Å². The molecule has 7 nitrogen and oxygen atoms in total. The number of esters is 1. The molecule has 26 heavy (non-hydrogen) atoms. The molecular weight excluding hydrogens is 343 g/mol. The van der Waals surface area contributed by atoms with E-state index < -0.39 is 28.7 Å². The summed E-state index contributed by atoms with van der Waals surface area (Å²) in [6.07, 6.45) is 1.14. The highest BCUT2D eigenvalue weighted by molar-refractivity contribution is 5.96. The van der Waals surface area contributed by atoms with Crippen molar-refractivity contribution in [3.63, 3.8) is 0 Å². The number of carbonyl (C=O) groups excluding carboxylic acids is 2. The monoisotopic (exact) mass is 358 g/mol. The van der Waals surface area contributed by atoms with E-state index >= 15 is 0 Å². The SMILES string of the molecule is C[C@H](OC(=O)/C=C/c1ccccc1[N+](=O)[O-])C(=O)Nc1ccc(F)cc1. The lowest BCUT2D eigenvalue weighted by molar-refractivity contribution is -0.385. The molecule has 0 aliphatic heterocycles. The molecular formula is C18H15FN2O5. The third kappa shape index (κ3) is 5.23. The summed E-state index contributed by atoms with van der Waals surface area (Å²) in [5.41, 5.74) is 0.436. The average Bonchev–Trinajstić information content (AvgIpc) is 2.62. The second-order valence-electron chi connectivity index (χ2n) is 5.22. The fourth-order valence-electron chi connectivity index (χ4n) is 2.00. The lowest BCUT2D eigenvalue weighted by Crippen LogP contribution is -2.29. The number of rotatable bonds is 6. The molecule has 0 spiro atoms. The number of nitro benzene ring substituents is 1. The van der Waals surface area contributed by atoms with Crippen molar-refractivity contribution in [2.45, 2.75) is 13.0 Å². The van der Waals surface area contributed by atoms with Gasteiger partial charge in [-0.05, 0) is 43.3 Å². The molecule has 0 fully saturated rings. The van der Waals surface area contributed by atoms with Gasteiger partial charge in [-0.25, -0.2) is 9.18 Å². The molecule has 2 aromatic rings. The molecule has 134 valence electrons. The number of carbonyl (C=O) groups is 2. The maximum absolute atomic E-state index is 12.8. The minimum absolute atomic E-state index is 0.154. The Labute approximate surface area is 148 Å². The van der Waals surface area contributed by atoms with Gasteiger partial charge in [0.2, 0.25) is 0 Å². The van der Waals surface area contributed by atoms with Crippen LogP contribution in [0.1, 0.15) is 12.5 Å². The molecule has 0 saturated carbocycles. The summed E-state index contributed by atoms with van der Waals surface area (Å²) in [6.45, 7) is 1.37. The number of nitrogens with zero attached hydrogens (tertiary/aromatic N) is 1. The van der Waals surface area contributed by atoms with Gasteiger partial charge in [-0.3, -0.25) is 14.9 Å². The quantitative estimate of drug-likeness (QED) is 0.370. The van der Waals surface area contributed by atoms with Gasteiger partial charge in [-0.1, -0.05) is 12.1 Å². The number of para-hydroxylation sites is 1. The molecule has 1 atom stereocenters. The summed E-state index contributed by atoms with van der Waals surface area (Å²) in [4.78, 5) is 34.1. The Morgan fingerprint density at radius 2 is 1.85 bits per heavy atom. The van der Waals surface area contributed by atoms with Gasteiger partial charge in [-0.2, -0.15) is 0 Å². The molecule has 0 bridgehead atoms. The minimum Gasteiger partial charge on any atom is -0.449 e. The smallest absolute Gasteiger partial charge is 0.331 e. The van der Waals surface area contributed by atoms with Crippen molar-refractivity contribution in [2.24, 2.45) is 0 Å². The highest BCUT2D eigenvalue weighted by Crippen LogP contribution is 2.19. The molecule has 1 amide bonds. The Kier molecular flexibility index (Phi) is 6.15. The average molecular weight is 358 g/mol. The Balaban J connectivity index is 1.95. The number of benzene rings is 2. The zero-order valence-electron chi connectivity index (χ0n) is 13.7. The first kappa shape index (κ1) is 18.8. The minimum atomic E-state index is -1.11. The molecule has 0 unspecified atom stereocenters. The van der Waals surface area contributed by atoms with E-state index in [2.05, 4.69) is 5.32 Å². The number of nitro groups is 1. The van der Waals surface area contributed by atoms with Gasteiger partial charge in [0.05, 0.1) is 10.5 Å². The Morgan fingerprint density at radius 3 is 2.50 bits per heavy atom. The van der Waals surface area contributed by atoms with Crippen LogP contribution in [-0.2, 0) is 14.3 Å². The third-order valence-corrected chi connectivity index (χ3v) is 3.31. The fourth-order valence-corrected chi connectivity index (χ4v) is 2.00. The summed E-state index contributed by atoms with van der Waals surface area (Å²) >= 11 is 0. The number of halogens is 1. The summed E-state index contributed by atoms with van der Waals surface area (Å²) < 4.78 is 17.8. The zero-order valence-corrected chi connectivity index (χ0v) is 13.7. The number of hydrogen-bond acceptors (Lipinski definition) is 5. The van der Waals surface area contributed by atoms with E-state index in [0.717, 1.165) is 6.08 Å². The van der Waals surface area contributed by atoms with E-state index in [0.29, 0.717) is 5.69 Å². The molecule has 1 N–H and O–H groups in total. The molecule has 0 aromatic heterocycles. The van der Waals surface area contributed by atoms with Crippen LogP contribution in [-0.4, -0.2) is 22.9 Å².